The molecular weight excluding hydrogens is 196 g/mol. The van der Waals surface area contributed by atoms with Crippen LogP contribution in [0.2, 0.25) is 0 Å². The van der Waals surface area contributed by atoms with Crippen LogP contribution in [0.5, 0.6) is 0 Å². The lowest BCUT2D eigenvalue weighted by molar-refractivity contribution is 0.136. The van der Waals surface area contributed by atoms with Crippen molar-refractivity contribution >= 4 is 0 Å². The van der Waals surface area contributed by atoms with Crippen LogP contribution in [-0.4, -0.2) is 48.6 Å². The highest BCUT2D eigenvalue weighted by molar-refractivity contribution is 4.92. The Labute approximate surface area is 102 Å². The van der Waals surface area contributed by atoms with E-state index in [1.54, 1.807) is 0 Å². The average Bonchev–Trinajstić information content (AvgIpc) is 2.63. The molecule has 0 spiro atoms. The molecule has 0 aromatic heterocycles. The molecule has 1 saturated heterocycles. The number of nitrogens with zero attached hydrogens (tertiary/aromatic N) is 2. The molecule has 1 rings (SSSR count). The first-order valence-electron chi connectivity index (χ1n) is 6.84. The van der Waals surface area contributed by atoms with Crippen LogP contribution in [0.15, 0.2) is 0 Å². The Balaban J connectivity index is 2.59. The molecule has 16 heavy (non-hydrogen) atoms. The van der Waals surface area contributed by atoms with Crippen molar-refractivity contribution in [2.75, 3.05) is 26.7 Å². The van der Waals surface area contributed by atoms with Gasteiger partial charge in [0.2, 0.25) is 0 Å². The van der Waals surface area contributed by atoms with Crippen molar-refractivity contribution in [2.45, 2.75) is 59.5 Å². The molecule has 0 aromatic carbocycles. The maximum absolute atomic E-state index is 2.64. The monoisotopic (exact) mass is 226 g/mol. The zero-order valence-electron chi connectivity index (χ0n) is 12.1. The predicted octanol–water partition coefficient (Wildman–Crippen LogP) is 2.84. The standard InChI is InChI=1S/C14H30N2/c1-7-14(10-15(6)12(2)3)8-9-16(11-14)13(4)5/h12-13H,7-11H2,1-6H3. The van der Waals surface area contributed by atoms with Crippen molar-refractivity contribution in [3.8, 4) is 0 Å². The Morgan fingerprint density at radius 2 is 1.88 bits per heavy atom. The highest BCUT2D eigenvalue weighted by atomic mass is 15.2. The third-order valence-electron chi connectivity index (χ3n) is 4.41. The first-order valence-corrected chi connectivity index (χ1v) is 6.84. The van der Waals surface area contributed by atoms with Crippen molar-refractivity contribution < 1.29 is 0 Å². The summed E-state index contributed by atoms with van der Waals surface area (Å²) in [7, 11) is 2.26. The topological polar surface area (TPSA) is 6.48 Å². The summed E-state index contributed by atoms with van der Waals surface area (Å²) >= 11 is 0. The zero-order valence-corrected chi connectivity index (χ0v) is 12.1. The molecule has 2 heteroatoms. The zero-order chi connectivity index (χ0) is 12.3. The van der Waals surface area contributed by atoms with Gasteiger partial charge in [0.15, 0.2) is 0 Å². The second-order valence-corrected chi connectivity index (χ2v) is 6.18. The van der Waals surface area contributed by atoms with E-state index in [1.807, 2.05) is 0 Å². The van der Waals surface area contributed by atoms with Gasteiger partial charge in [0.25, 0.3) is 0 Å². The number of hydrogen-bond donors (Lipinski definition) is 0. The molecule has 0 aromatic rings. The Morgan fingerprint density at radius 3 is 2.25 bits per heavy atom. The van der Waals surface area contributed by atoms with Crippen LogP contribution in [0.1, 0.15) is 47.5 Å². The van der Waals surface area contributed by atoms with Gasteiger partial charge in [0.05, 0.1) is 0 Å². The van der Waals surface area contributed by atoms with Gasteiger partial charge in [-0.2, -0.15) is 0 Å². The fraction of sp³-hybridized carbons (Fsp3) is 1.00. The van der Waals surface area contributed by atoms with Crippen molar-refractivity contribution in [1.82, 2.24) is 9.80 Å². The largest absolute Gasteiger partial charge is 0.303 e. The first kappa shape index (κ1) is 14.0. The molecule has 0 aliphatic carbocycles. The summed E-state index contributed by atoms with van der Waals surface area (Å²) in [5.74, 6) is 0. The van der Waals surface area contributed by atoms with E-state index >= 15 is 0 Å². The molecule has 1 aliphatic rings. The molecule has 1 fully saturated rings. The quantitative estimate of drug-likeness (QED) is 0.711. The Kier molecular flexibility index (Phi) is 4.81. The van der Waals surface area contributed by atoms with Gasteiger partial charge in [-0.1, -0.05) is 6.92 Å². The third kappa shape index (κ3) is 3.21. The molecule has 0 saturated carbocycles. The lowest BCUT2D eigenvalue weighted by Crippen LogP contribution is -2.41. The molecule has 0 bridgehead atoms. The lowest BCUT2D eigenvalue weighted by Gasteiger charge is -2.35. The minimum atomic E-state index is 0.545. The second kappa shape index (κ2) is 5.50. The molecule has 0 N–H and O–H groups in total. The van der Waals surface area contributed by atoms with E-state index in [0.717, 1.165) is 0 Å². The first-order chi connectivity index (χ1) is 7.40. The third-order valence-corrected chi connectivity index (χ3v) is 4.41. The van der Waals surface area contributed by atoms with Gasteiger partial charge in [-0.3, -0.25) is 0 Å². The van der Waals surface area contributed by atoms with E-state index in [9.17, 15) is 0 Å². The van der Waals surface area contributed by atoms with Crippen LogP contribution in [0, 0.1) is 5.41 Å². The molecular formula is C14H30N2. The lowest BCUT2D eigenvalue weighted by atomic mass is 9.83. The van der Waals surface area contributed by atoms with Crippen LogP contribution in [-0.2, 0) is 0 Å². The smallest absolute Gasteiger partial charge is 0.00533 e. The van der Waals surface area contributed by atoms with Crippen LogP contribution < -0.4 is 0 Å². The molecule has 96 valence electrons. The van der Waals surface area contributed by atoms with E-state index < -0.39 is 0 Å². The van der Waals surface area contributed by atoms with Crippen molar-refractivity contribution in [1.29, 1.82) is 0 Å². The number of likely N-dealkylation sites (tertiary alicyclic amines) is 1. The van der Waals surface area contributed by atoms with Gasteiger partial charge in [0.1, 0.15) is 0 Å². The summed E-state index contributed by atoms with van der Waals surface area (Å²) in [6, 6.07) is 1.37. The van der Waals surface area contributed by atoms with Gasteiger partial charge in [-0.05, 0) is 59.5 Å². The molecule has 0 radical (unpaired) electrons. The van der Waals surface area contributed by atoms with E-state index in [1.165, 1.54) is 32.5 Å². The SMILES string of the molecule is CCC1(CN(C)C(C)C)CCN(C(C)C)C1. The molecule has 1 heterocycles. The van der Waals surface area contributed by atoms with E-state index in [4.69, 9.17) is 0 Å². The fourth-order valence-corrected chi connectivity index (χ4v) is 2.65. The molecule has 1 unspecified atom stereocenters. The van der Waals surface area contributed by atoms with Crippen molar-refractivity contribution in [3.63, 3.8) is 0 Å². The summed E-state index contributed by atoms with van der Waals surface area (Å²) in [5.41, 5.74) is 0.545. The van der Waals surface area contributed by atoms with Crippen molar-refractivity contribution in [3.05, 3.63) is 0 Å². The summed E-state index contributed by atoms with van der Waals surface area (Å²) < 4.78 is 0. The molecule has 0 amide bonds. The highest BCUT2D eigenvalue weighted by Gasteiger charge is 2.38. The van der Waals surface area contributed by atoms with Gasteiger partial charge in [0, 0.05) is 25.2 Å². The van der Waals surface area contributed by atoms with Gasteiger partial charge < -0.3 is 9.80 Å². The Hall–Kier alpha value is -0.0800. The van der Waals surface area contributed by atoms with E-state index in [0.29, 0.717) is 17.5 Å². The van der Waals surface area contributed by atoms with Crippen molar-refractivity contribution in [2.24, 2.45) is 5.41 Å². The Morgan fingerprint density at radius 1 is 1.25 bits per heavy atom. The summed E-state index contributed by atoms with van der Waals surface area (Å²) in [6.07, 6.45) is 2.69. The number of rotatable bonds is 5. The van der Waals surface area contributed by atoms with Crippen LogP contribution >= 0.6 is 0 Å². The predicted molar refractivity (Wildman–Crippen MR) is 71.8 cm³/mol. The fourth-order valence-electron chi connectivity index (χ4n) is 2.65. The van der Waals surface area contributed by atoms with Gasteiger partial charge >= 0.3 is 0 Å². The summed E-state index contributed by atoms with van der Waals surface area (Å²) in [6.45, 7) is 15.4. The second-order valence-electron chi connectivity index (χ2n) is 6.18. The van der Waals surface area contributed by atoms with Crippen LogP contribution in [0.25, 0.3) is 0 Å². The van der Waals surface area contributed by atoms with Gasteiger partial charge in [-0.25, -0.2) is 0 Å². The molecule has 1 atom stereocenters. The highest BCUT2D eigenvalue weighted by Crippen LogP contribution is 2.35. The average molecular weight is 226 g/mol. The minimum Gasteiger partial charge on any atom is -0.303 e. The summed E-state index contributed by atoms with van der Waals surface area (Å²) in [4.78, 5) is 5.14. The molecule has 2 nitrogen and oxygen atoms in total. The Bertz CT molecular complexity index is 213. The van der Waals surface area contributed by atoms with E-state index in [-0.39, 0.29) is 0 Å². The minimum absolute atomic E-state index is 0.545. The summed E-state index contributed by atoms with van der Waals surface area (Å²) in [5, 5.41) is 0. The maximum Gasteiger partial charge on any atom is 0.00533 e. The van der Waals surface area contributed by atoms with Crippen LogP contribution in [0.3, 0.4) is 0 Å². The molecule has 1 aliphatic heterocycles. The number of hydrogen-bond acceptors (Lipinski definition) is 2. The van der Waals surface area contributed by atoms with Crippen LogP contribution in [0.4, 0.5) is 0 Å². The normalized spacial score (nSPS) is 27.6. The maximum atomic E-state index is 2.64. The van der Waals surface area contributed by atoms with Gasteiger partial charge in [-0.15, -0.1) is 0 Å². The van der Waals surface area contributed by atoms with E-state index in [2.05, 4.69) is 51.5 Å².